The van der Waals surface area contributed by atoms with E-state index >= 15 is 0 Å². The highest BCUT2D eigenvalue weighted by Crippen LogP contribution is 2.44. The molecule has 436 valence electrons. The first-order valence-corrected chi connectivity index (χ1v) is 33.4. The quantitative estimate of drug-likeness (QED) is 0.0612. The zero-order chi connectivity index (χ0) is 60.3. The lowest BCUT2D eigenvalue weighted by atomic mass is 10.1. The van der Waals surface area contributed by atoms with Crippen molar-refractivity contribution in [2.75, 3.05) is 24.0 Å². The molecule has 0 aromatic heterocycles. The van der Waals surface area contributed by atoms with E-state index in [4.69, 9.17) is 23.1 Å². The van der Waals surface area contributed by atoms with Crippen molar-refractivity contribution in [3.63, 3.8) is 0 Å². The molecule has 0 radical (unpaired) electrons. The van der Waals surface area contributed by atoms with E-state index in [2.05, 4.69) is 77.7 Å². The molecule has 10 rings (SSSR count). The van der Waals surface area contributed by atoms with Crippen LogP contribution in [-0.4, -0.2) is 82.1 Å². The number of benzene rings is 6. The molecule has 4 heterocycles. The predicted octanol–water partition coefficient (Wildman–Crippen LogP) is 14.4. The molecule has 0 spiro atoms. The number of hydrogen-bond donors (Lipinski definition) is 1. The number of hydrogen-bond acceptors (Lipinski definition) is 14. The van der Waals surface area contributed by atoms with Gasteiger partial charge in [-0.25, -0.2) is 0 Å². The van der Waals surface area contributed by atoms with E-state index in [1.807, 2.05) is 67.6 Å². The van der Waals surface area contributed by atoms with Crippen molar-refractivity contribution in [2.24, 2.45) is 9.98 Å². The standard InChI is InChI=1S/C31H35N3O6Si.C17H14N2O3.C15H25NO3Si/c1-31(2,3)41(5,6)40-19-21-11-20(12-23(13-21)34(36)37)18-39-29-16-26-25(15-28(29)38-4)30(35)33-24(17-32-26)14-22-9-7-8-10-27(22)33;1-22-16-7-12-13(8-15(16)20)18-9-11-6-10-4-2-3-5-14(10)19(11)17(12)21;1-7-12-8-13(10-14(9-12)16(17)18)11-19-20(5,6)15(2,3)4/h7-13,15-17,24H,14,18-19H2,1-6H3;2-5,7-9,11,20H,6H2,1H3;8-10H,7,11H2,1-6H3/t24-;11-;/m00./s1. The van der Waals surface area contributed by atoms with Crippen LogP contribution in [0, 0.1) is 20.2 Å². The number of nitro benzene ring substituents is 2. The third-order valence-corrected chi connectivity index (χ3v) is 25.3. The molecule has 0 unspecified atom stereocenters. The zero-order valence-corrected chi connectivity index (χ0v) is 51.6. The minimum absolute atomic E-state index is 0.0183. The number of para-hydroxylation sites is 2. The fraction of sp³-hybridized carbons (Fsp3) is 0.365. The van der Waals surface area contributed by atoms with Crippen LogP contribution in [0.25, 0.3) is 0 Å². The Morgan fingerprint density at radius 2 is 0.988 bits per heavy atom. The van der Waals surface area contributed by atoms with E-state index in [1.165, 1.54) is 26.4 Å². The normalized spacial score (nSPS) is 15.9. The van der Waals surface area contributed by atoms with Crippen molar-refractivity contribution >= 4 is 75.0 Å². The summed E-state index contributed by atoms with van der Waals surface area (Å²) in [7, 11) is -0.908. The van der Waals surface area contributed by atoms with Gasteiger partial charge in [-0.1, -0.05) is 90.9 Å². The number of rotatable bonds is 14. The summed E-state index contributed by atoms with van der Waals surface area (Å²) in [4.78, 5) is 61.1. The molecule has 20 heteroatoms. The molecule has 0 saturated heterocycles. The molecule has 0 saturated carbocycles. The Morgan fingerprint density at radius 3 is 1.42 bits per heavy atom. The maximum absolute atomic E-state index is 13.6. The number of carbonyl (C=O) groups excluding carboxylic acids is 2. The monoisotopic (exact) mass is 1160 g/mol. The summed E-state index contributed by atoms with van der Waals surface area (Å²) >= 11 is 0. The summed E-state index contributed by atoms with van der Waals surface area (Å²) in [6.07, 6.45) is 5.82. The Kier molecular flexibility index (Phi) is 18.0. The number of ether oxygens (including phenoxy) is 3. The highest BCUT2D eigenvalue weighted by atomic mass is 28.4. The van der Waals surface area contributed by atoms with Gasteiger partial charge < -0.3 is 28.2 Å². The number of carbonyl (C=O) groups is 2. The highest BCUT2D eigenvalue weighted by molar-refractivity contribution is 6.74. The number of phenols is 1. The number of fused-ring (bicyclic) bond motifs is 8. The number of nitro groups is 2. The minimum atomic E-state index is -2.05. The second-order valence-electron chi connectivity index (χ2n) is 24.0. The number of phenolic OH excluding ortho intramolecular Hbond substituents is 1. The smallest absolute Gasteiger partial charge is 0.270 e. The van der Waals surface area contributed by atoms with Crippen molar-refractivity contribution in [2.45, 2.75) is 136 Å². The molecule has 4 aliphatic heterocycles. The Balaban J connectivity index is 0.000000180. The summed E-state index contributed by atoms with van der Waals surface area (Å²) in [6, 6.07) is 32.0. The molecule has 4 aliphatic rings. The fourth-order valence-electron chi connectivity index (χ4n) is 9.55. The van der Waals surface area contributed by atoms with Crippen LogP contribution >= 0.6 is 0 Å². The van der Waals surface area contributed by atoms with Gasteiger partial charge in [0, 0.05) is 73.0 Å². The van der Waals surface area contributed by atoms with E-state index in [1.54, 1.807) is 58.6 Å². The average molecular weight is 1160 g/mol. The lowest BCUT2D eigenvalue weighted by Gasteiger charge is -2.36. The van der Waals surface area contributed by atoms with E-state index in [-0.39, 0.29) is 75.0 Å². The van der Waals surface area contributed by atoms with Gasteiger partial charge in [0.15, 0.2) is 39.6 Å². The van der Waals surface area contributed by atoms with Gasteiger partial charge in [0.05, 0.1) is 71.9 Å². The first-order chi connectivity index (χ1) is 39.1. The second kappa shape index (κ2) is 24.4. The average Bonchev–Trinajstić information content (AvgIpc) is 2.41. The van der Waals surface area contributed by atoms with Gasteiger partial charge in [-0.3, -0.25) is 49.6 Å². The van der Waals surface area contributed by atoms with Crippen molar-refractivity contribution in [3.05, 3.63) is 174 Å². The topological polar surface area (TPSA) is 218 Å². The van der Waals surface area contributed by atoms with Gasteiger partial charge in [0.1, 0.15) is 6.61 Å². The van der Waals surface area contributed by atoms with E-state index in [0.29, 0.717) is 58.2 Å². The molecular formula is C63H74N6O12Si2. The Bertz CT molecular complexity index is 3530. The van der Waals surface area contributed by atoms with Crippen molar-refractivity contribution in [1.29, 1.82) is 0 Å². The van der Waals surface area contributed by atoms with Crippen LogP contribution in [0.2, 0.25) is 36.3 Å². The number of nitrogens with zero attached hydrogens (tertiary/aromatic N) is 6. The molecule has 0 aliphatic carbocycles. The van der Waals surface area contributed by atoms with Crippen LogP contribution < -0.4 is 24.0 Å². The molecule has 1 N–H and O–H groups in total. The number of non-ortho nitro benzene ring substituents is 2. The maximum atomic E-state index is 13.6. The Hall–Kier alpha value is -8.05. The third-order valence-electron chi connectivity index (χ3n) is 16.4. The first kappa shape index (κ1) is 61.0. The van der Waals surface area contributed by atoms with Crippen LogP contribution in [0.15, 0.2) is 119 Å². The van der Waals surface area contributed by atoms with Gasteiger partial charge in [-0.05, 0) is 106 Å². The largest absolute Gasteiger partial charge is 0.504 e. The molecule has 6 aromatic rings. The lowest BCUT2D eigenvalue weighted by Crippen LogP contribution is -2.40. The van der Waals surface area contributed by atoms with Crippen LogP contribution in [0.4, 0.5) is 34.1 Å². The van der Waals surface area contributed by atoms with Gasteiger partial charge in [0.2, 0.25) is 0 Å². The van der Waals surface area contributed by atoms with Gasteiger partial charge in [0.25, 0.3) is 23.2 Å². The molecule has 83 heavy (non-hydrogen) atoms. The van der Waals surface area contributed by atoms with Crippen LogP contribution in [0.1, 0.15) is 103 Å². The van der Waals surface area contributed by atoms with Crippen LogP contribution in [-0.2, 0) is 47.9 Å². The van der Waals surface area contributed by atoms with Crippen molar-refractivity contribution < 1.29 is 47.6 Å². The van der Waals surface area contributed by atoms with E-state index in [9.17, 15) is 34.9 Å². The molecule has 18 nitrogen and oxygen atoms in total. The van der Waals surface area contributed by atoms with Gasteiger partial charge in [-0.15, -0.1) is 0 Å². The molecular weight excluding hydrogens is 1090 g/mol. The minimum Gasteiger partial charge on any atom is -0.504 e. The number of methoxy groups -OCH3 is 2. The van der Waals surface area contributed by atoms with Crippen molar-refractivity contribution in [3.8, 4) is 23.0 Å². The molecule has 0 fully saturated rings. The van der Waals surface area contributed by atoms with E-state index in [0.717, 1.165) is 46.5 Å². The number of aliphatic imine (C=N–C) groups is 2. The SMILES string of the molecule is CCc1cc(CO[Si](C)(C)C(C)(C)C)cc([N+](=O)[O-])c1.COc1cc2c(cc1O)N=C[C@@H]1Cc3ccccc3N1C2=O.COc1cc2c(cc1OCc1cc(CO[Si](C)(C)C(C)(C)C)cc([N+](=O)[O-])c1)N=C[C@@H]1Cc3ccccc3N1C2=O. The number of anilines is 2. The summed E-state index contributed by atoms with van der Waals surface area (Å²) in [5.41, 5.74) is 9.21. The van der Waals surface area contributed by atoms with Crippen molar-refractivity contribution in [1.82, 2.24) is 0 Å². The summed E-state index contributed by atoms with van der Waals surface area (Å²) < 4.78 is 29.3. The molecule has 2 atom stereocenters. The van der Waals surface area contributed by atoms with Crippen LogP contribution in [0.5, 0.6) is 23.0 Å². The maximum Gasteiger partial charge on any atom is 0.270 e. The number of amides is 2. The second-order valence-corrected chi connectivity index (χ2v) is 33.7. The Labute approximate surface area is 487 Å². The molecule has 6 aromatic carbocycles. The van der Waals surface area contributed by atoms with Gasteiger partial charge >= 0.3 is 0 Å². The zero-order valence-electron chi connectivity index (χ0n) is 49.6. The number of aromatic hydroxyl groups is 1. The van der Waals surface area contributed by atoms with Gasteiger partial charge in [-0.2, -0.15) is 0 Å². The molecule has 2 amide bonds. The summed E-state index contributed by atoms with van der Waals surface area (Å²) in [5.74, 6) is 0.749. The van der Waals surface area contributed by atoms with E-state index < -0.39 is 21.6 Å². The third kappa shape index (κ3) is 13.4. The molecule has 0 bridgehead atoms. The van der Waals surface area contributed by atoms with Crippen LogP contribution in [0.3, 0.4) is 0 Å². The number of aryl methyl sites for hydroxylation is 1. The first-order valence-electron chi connectivity index (χ1n) is 27.6. The summed E-state index contributed by atoms with van der Waals surface area (Å²) in [5, 5.41) is 32.7. The highest BCUT2D eigenvalue weighted by Gasteiger charge is 2.40. The Morgan fingerprint density at radius 1 is 0.578 bits per heavy atom. The fourth-order valence-corrected chi connectivity index (χ4v) is 11.5. The summed E-state index contributed by atoms with van der Waals surface area (Å²) in [6.45, 7) is 24.5. The predicted molar refractivity (Wildman–Crippen MR) is 329 cm³/mol. The lowest BCUT2D eigenvalue weighted by molar-refractivity contribution is -0.385.